The second kappa shape index (κ2) is 7.20. The summed E-state index contributed by atoms with van der Waals surface area (Å²) in [4.78, 5) is 15.4. The number of benzene rings is 1. The number of hydrogen-bond acceptors (Lipinski definition) is 3. The Morgan fingerprint density at radius 3 is 2.52 bits per heavy atom. The second-order valence-corrected chi connectivity index (χ2v) is 9.34. The molecule has 3 aliphatic rings. The van der Waals surface area contributed by atoms with Crippen LogP contribution in [0.4, 0.5) is 4.79 Å². The molecule has 0 unspecified atom stereocenters. The van der Waals surface area contributed by atoms with Crippen molar-refractivity contribution < 1.29 is 9.90 Å². The number of rotatable bonds is 4. The molecule has 1 N–H and O–H groups in total. The number of carbonyl (C=O) groups is 1. The topological polar surface area (TPSA) is 43.8 Å². The van der Waals surface area contributed by atoms with Gasteiger partial charge in [-0.25, -0.2) is 4.79 Å². The standard InChI is InChI=1S/C20H28N2O2S/c23-19(24)22-11-8-20(15-22)12-17(13-20)21-9-6-18(7-10-21)25-14-16-4-2-1-3-5-16/h1-5,17-18H,6-15H2,(H,23,24). The molecule has 2 aliphatic heterocycles. The van der Waals surface area contributed by atoms with Gasteiger partial charge in [-0.05, 0) is 56.2 Å². The predicted molar refractivity (Wildman–Crippen MR) is 102 cm³/mol. The molecule has 0 bridgehead atoms. The van der Waals surface area contributed by atoms with Gasteiger partial charge in [0.1, 0.15) is 0 Å². The van der Waals surface area contributed by atoms with Crippen LogP contribution in [0.5, 0.6) is 0 Å². The van der Waals surface area contributed by atoms with Crippen LogP contribution in [0.3, 0.4) is 0 Å². The van der Waals surface area contributed by atoms with Gasteiger partial charge >= 0.3 is 6.09 Å². The maximum absolute atomic E-state index is 11.1. The Morgan fingerprint density at radius 2 is 1.88 bits per heavy atom. The predicted octanol–water partition coefficient (Wildman–Crippen LogP) is 3.92. The lowest BCUT2D eigenvalue weighted by molar-refractivity contribution is -0.000452. The lowest BCUT2D eigenvalue weighted by Crippen LogP contribution is -2.54. The molecule has 3 fully saturated rings. The highest BCUT2D eigenvalue weighted by atomic mass is 32.2. The minimum Gasteiger partial charge on any atom is -0.465 e. The lowest BCUT2D eigenvalue weighted by atomic mass is 9.64. The zero-order valence-electron chi connectivity index (χ0n) is 14.8. The van der Waals surface area contributed by atoms with Crippen molar-refractivity contribution in [3.8, 4) is 0 Å². The molecule has 0 atom stereocenters. The second-order valence-electron chi connectivity index (χ2n) is 8.05. The maximum Gasteiger partial charge on any atom is 0.407 e. The van der Waals surface area contributed by atoms with E-state index < -0.39 is 6.09 Å². The van der Waals surface area contributed by atoms with Crippen LogP contribution in [0.15, 0.2) is 30.3 Å². The Morgan fingerprint density at radius 1 is 1.16 bits per heavy atom. The van der Waals surface area contributed by atoms with Crippen LogP contribution in [0.25, 0.3) is 0 Å². The SMILES string of the molecule is O=C(O)N1CCC2(CC(N3CCC(SCc4ccccc4)CC3)C2)C1. The number of piperidine rings is 1. The first-order valence-electron chi connectivity index (χ1n) is 9.51. The third-order valence-electron chi connectivity index (χ3n) is 6.37. The molecular weight excluding hydrogens is 332 g/mol. The molecular formula is C20H28N2O2S. The summed E-state index contributed by atoms with van der Waals surface area (Å²) in [5.74, 6) is 1.13. The normalized spacial score (nSPS) is 30.6. The van der Waals surface area contributed by atoms with Crippen LogP contribution in [0.2, 0.25) is 0 Å². The van der Waals surface area contributed by atoms with Crippen LogP contribution < -0.4 is 0 Å². The molecule has 1 saturated carbocycles. The van der Waals surface area contributed by atoms with Gasteiger partial charge in [0.25, 0.3) is 0 Å². The third-order valence-corrected chi connectivity index (χ3v) is 7.81. The Balaban J connectivity index is 1.18. The van der Waals surface area contributed by atoms with E-state index in [0.29, 0.717) is 11.5 Å². The average Bonchev–Trinajstić information content (AvgIpc) is 3.06. The number of nitrogens with zero attached hydrogens (tertiary/aromatic N) is 2. The Kier molecular flexibility index (Phi) is 4.96. The quantitative estimate of drug-likeness (QED) is 0.884. The van der Waals surface area contributed by atoms with Gasteiger partial charge in [0.2, 0.25) is 0 Å². The zero-order valence-corrected chi connectivity index (χ0v) is 15.6. The highest BCUT2D eigenvalue weighted by Gasteiger charge is 2.51. The first-order valence-corrected chi connectivity index (χ1v) is 10.6. The van der Waals surface area contributed by atoms with E-state index in [4.69, 9.17) is 5.11 Å². The number of hydrogen-bond donors (Lipinski definition) is 1. The molecule has 1 aromatic rings. The summed E-state index contributed by atoms with van der Waals surface area (Å²) in [6.07, 6.45) is 5.33. The van der Waals surface area contributed by atoms with Crippen LogP contribution in [-0.4, -0.2) is 58.5 Å². The highest BCUT2D eigenvalue weighted by molar-refractivity contribution is 7.99. The van der Waals surface area contributed by atoms with Crippen molar-refractivity contribution in [3.05, 3.63) is 35.9 Å². The zero-order chi connectivity index (χ0) is 17.3. The van der Waals surface area contributed by atoms with Gasteiger partial charge in [-0.15, -0.1) is 0 Å². The van der Waals surface area contributed by atoms with Gasteiger partial charge in [0.15, 0.2) is 0 Å². The summed E-state index contributed by atoms with van der Waals surface area (Å²) in [6.45, 7) is 3.94. The molecule has 25 heavy (non-hydrogen) atoms. The number of likely N-dealkylation sites (tertiary alicyclic amines) is 2. The monoisotopic (exact) mass is 360 g/mol. The smallest absolute Gasteiger partial charge is 0.407 e. The summed E-state index contributed by atoms with van der Waals surface area (Å²) in [5.41, 5.74) is 1.74. The summed E-state index contributed by atoms with van der Waals surface area (Å²) >= 11 is 2.11. The molecule has 2 saturated heterocycles. The van der Waals surface area contributed by atoms with E-state index in [1.165, 1.54) is 44.3 Å². The molecule has 1 amide bonds. The molecule has 0 radical (unpaired) electrons. The van der Waals surface area contributed by atoms with Crippen molar-refractivity contribution in [1.82, 2.24) is 9.80 Å². The summed E-state index contributed by atoms with van der Waals surface area (Å²) < 4.78 is 0. The van der Waals surface area contributed by atoms with Crippen LogP contribution >= 0.6 is 11.8 Å². The van der Waals surface area contributed by atoms with E-state index in [1.54, 1.807) is 4.90 Å². The molecule has 5 heteroatoms. The van der Waals surface area contributed by atoms with Crippen molar-refractivity contribution in [2.75, 3.05) is 26.2 Å². The largest absolute Gasteiger partial charge is 0.465 e. The van der Waals surface area contributed by atoms with Gasteiger partial charge in [-0.3, -0.25) is 0 Å². The summed E-state index contributed by atoms with van der Waals surface area (Å²) in [7, 11) is 0. The van der Waals surface area contributed by atoms with Gasteiger partial charge in [0.05, 0.1) is 0 Å². The van der Waals surface area contributed by atoms with E-state index >= 15 is 0 Å². The Labute approximate surface area is 154 Å². The maximum atomic E-state index is 11.1. The average molecular weight is 361 g/mol. The number of amides is 1. The molecule has 4 nitrogen and oxygen atoms in total. The number of carboxylic acid groups (broad SMARTS) is 1. The van der Waals surface area contributed by atoms with Crippen LogP contribution in [0.1, 0.15) is 37.7 Å². The minimum atomic E-state index is -0.739. The van der Waals surface area contributed by atoms with Gasteiger partial charge in [0, 0.05) is 30.1 Å². The molecule has 2 heterocycles. The highest BCUT2D eigenvalue weighted by Crippen LogP contribution is 2.50. The van der Waals surface area contributed by atoms with Crippen molar-refractivity contribution in [3.63, 3.8) is 0 Å². The van der Waals surface area contributed by atoms with Crippen molar-refractivity contribution in [2.24, 2.45) is 5.41 Å². The molecule has 1 aromatic carbocycles. The Bertz CT molecular complexity index is 595. The van der Waals surface area contributed by atoms with Crippen molar-refractivity contribution >= 4 is 17.9 Å². The first-order chi connectivity index (χ1) is 12.1. The number of thioether (sulfide) groups is 1. The van der Waals surface area contributed by atoms with Gasteiger partial charge < -0.3 is 14.9 Å². The molecule has 1 spiro atoms. The Hall–Kier alpha value is -1.20. The molecule has 0 aromatic heterocycles. The first kappa shape index (κ1) is 17.2. The van der Waals surface area contributed by atoms with E-state index in [1.807, 2.05) is 0 Å². The van der Waals surface area contributed by atoms with Crippen LogP contribution in [0, 0.1) is 5.41 Å². The minimum absolute atomic E-state index is 0.308. The van der Waals surface area contributed by atoms with E-state index in [-0.39, 0.29) is 0 Å². The van der Waals surface area contributed by atoms with Crippen molar-refractivity contribution in [2.45, 2.75) is 49.1 Å². The fraction of sp³-hybridized carbons (Fsp3) is 0.650. The van der Waals surface area contributed by atoms with Crippen LogP contribution in [-0.2, 0) is 5.75 Å². The van der Waals surface area contributed by atoms with E-state index in [2.05, 4.69) is 47.0 Å². The lowest BCUT2D eigenvalue weighted by Gasteiger charge is -2.51. The van der Waals surface area contributed by atoms with Gasteiger partial charge in [-0.2, -0.15) is 11.8 Å². The summed E-state index contributed by atoms with van der Waals surface area (Å²) in [6, 6.07) is 11.5. The molecule has 136 valence electrons. The van der Waals surface area contributed by atoms with Gasteiger partial charge in [-0.1, -0.05) is 30.3 Å². The van der Waals surface area contributed by atoms with Crippen molar-refractivity contribution in [1.29, 1.82) is 0 Å². The van der Waals surface area contributed by atoms with E-state index in [0.717, 1.165) is 30.5 Å². The summed E-state index contributed by atoms with van der Waals surface area (Å²) in [5, 5.41) is 9.95. The fourth-order valence-corrected chi connectivity index (χ4v) is 5.99. The molecule has 1 aliphatic carbocycles. The van der Waals surface area contributed by atoms with E-state index in [9.17, 15) is 4.79 Å². The third kappa shape index (κ3) is 3.82. The molecule has 4 rings (SSSR count). The fourth-order valence-electron chi connectivity index (χ4n) is 4.83.